The van der Waals surface area contributed by atoms with Crippen LogP contribution < -0.4 is 5.32 Å². The van der Waals surface area contributed by atoms with Crippen molar-refractivity contribution >= 4 is 46.5 Å². The van der Waals surface area contributed by atoms with E-state index in [1.54, 1.807) is 12.1 Å². The van der Waals surface area contributed by atoms with Crippen LogP contribution >= 0.6 is 23.8 Å². The van der Waals surface area contributed by atoms with Gasteiger partial charge in [-0.05, 0) is 11.6 Å². The SMILES string of the molecule is CNC(=O)/C(=N/OC)c1ccccc1COC/C=N/OCC1=CC(Cl)=CCC1=S. The van der Waals surface area contributed by atoms with Crippen molar-refractivity contribution in [3.63, 3.8) is 0 Å². The summed E-state index contributed by atoms with van der Waals surface area (Å²) in [6, 6.07) is 7.30. The van der Waals surface area contributed by atoms with Crippen LogP contribution in [0.25, 0.3) is 0 Å². The molecule has 1 aromatic rings. The molecule has 1 amide bonds. The van der Waals surface area contributed by atoms with Crippen LogP contribution in [-0.2, 0) is 25.8 Å². The molecule has 1 aliphatic carbocycles. The van der Waals surface area contributed by atoms with Crippen molar-refractivity contribution in [2.75, 3.05) is 27.4 Å². The Kier molecular flexibility index (Phi) is 9.49. The van der Waals surface area contributed by atoms with Gasteiger partial charge in [0.15, 0.2) is 5.71 Å². The van der Waals surface area contributed by atoms with Gasteiger partial charge < -0.3 is 19.7 Å². The smallest absolute Gasteiger partial charge is 0.273 e. The van der Waals surface area contributed by atoms with Crippen LogP contribution in [0.15, 0.2) is 57.3 Å². The zero-order valence-corrected chi connectivity index (χ0v) is 17.8. The summed E-state index contributed by atoms with van der Waals surface area (Å²) >= 11 is 11.2. The monoisotopic (exact) mass is 435 g/mol. The minimum absolute atomic E-state index is 0.177. The van der Waals surface area contributed by atoms with E-state index >= 15 is 0 Å². The standard InChI is InChI=1S/C20H22ClN3O4S/c1-22-20(25)19(24-26-2)17-6-4-3-5-14(17)12-27-10-9-23-28-13-15-11-16(21)7-8-18(15)29/h3-7,9,11H,8,10,12-13H2,1-2H3,(H,22,25)/b23-9+,24-19+. The average molecular weight is 436 g/mol. The van der Waals surface area contributed by atoms with Gasteiger partial charge in [-0.25, -0.2) is 0 Å². The normalized spacial score (nSPS) is 14.4. The number of oxime groups is 2. The summed E-state index contributed by atoms with van der Waals surface area (Å²) in [4.78, 5) is 22.9. The van der Waals surface area contributed by atoms with Gasteiger partial charge >= 0.3 is 0 Å². The Bertz CT molecular complexity index is 865. The number of halogens is 1. The minimum Gasteiger partial charge on any atom is -0.398 e. The van der Waals surface area contributed by atoms with E-state index < -0.39 is 0 Å². The highest BCUT2D eigenvalue weighted by Crippen LogP contribution is 2.18. The van der Waals surface area contributed by atoms with Gasteiger partial charge in [-0.1, -0.05) is 64.5 Å². The fraction of sp³-hybridized carbons (Fsp3) is 0.300. The molecule has 1 aromatic carbocycles. The van der Waals surface area contributed by atoms with E-state index in [0.717, 1.165) is 16.0 Å². The zero-order chi connectivity index (χ0) is 21.1. The highest BCUT2D eigenvalue weighted by Gasteiger charge is 2.17. The van der Waals surface area contributed by atoms with Crippen LogP contribution in [0.3, 0.4) is 0 Å². The van der Waals surface area contributed by atoms with E-state index in [2.05, 4.69) is 15.6 Å². The molecule has 0 atom stereocenters. The second-order valence-corrected chi connectivity index (χ2v) is 6.75. The minimum atomic E-state index is -0.348. The van der Waals surface area contributed by atoms with Gasteiger partial charge in [-0.15, -0.1) is 0 Å². The molecular weight excluding hydrogens is 414 g/mol. The Labute approximate surface area is 180 Å². The molecule has 0 unspecified atom stereocenters. The summed E-state index contributed by atoms with van der Waals surface area (Å²) in [6.45, 7) is 0.748. The summed E-state index contributed by atoms with van der Waals surface area (Å²) < 4.78 is 5.60. The molecule has 0 saturated heterocycles. The number of likely N-dealkylation sites (N-methyl/N-ethyl adjacent to an activating group) is 1. The lowest BCUT2D eigenvalue weighted by atomic mass is 10.0. The van der Waals surface area contributed by atoms with E-state index in [4.69, 9.17) is 38.2 Å². The molecule has 0 aliphatic heterocycles. The fourth-order valence-electron chi connectivity index (χ4n) is 2.46. The number of hydrogen-bond acceptors (Lipinski definition) is 7. The molecule has 1 aliphatic rings. The number of amides is 1. The van der Waals surface area contributed by atoms with Crippen LogP contribution in [0.1, 0.15) is 17.5 Å². The van der Waals surface area contributed by atoms with Crippen LogP contribution in [0.2, 0.25) is 0 Å². The number of hydrogen-bond donors (Lipinski definition) is 1. The molecule has 2 rings (SSSR count). The maximum atomic E-state index is 12.1. The van der Waals surface area contributed by atoms with E-state index in [0.29, 0.717) is 17.0 Å². The molecule has 1 N–H and O–H groups in total. The summed E-state index contributed by atoms with van der Waals surface area (Å²) in [6.07, 6.45) is 5.78. The van der Waals surface area contributed by atoms with Gasteiger partial charge in [0.1, 0.15) is 13.7 Å². The summed E-state index contributed by atoms with van der Waals surface area (Å²) in [5.41, 5.74) is 2.44. The number of benzene rings is 1. The molecule has 0 fully saturated rings. The molecule has 0 saturated carbocycles. The first-order valence-corrected chi connectivity index (χ1v) is 9.58. The predicted molar refractivity (Wildman–Crippen MR) is 117 cm³/mol. The highest BCUT2D eigenvalue weighted by molar-refractivity contribution is 7.80. The largest absolute Gasteiger partial charge is 0.398 e. The Morgan fingerprint density at radius 3 is 2.90 bits per heavy atom. The van der Waals surface area contributed by atoms with Crippen molar-refractivity contribution in [1.29, 1.82) is 0 Å². The Morgan fingerprint density at radius 1 is 1.34 bits per heavy atom. The van der Waals surface area contributed by atoms with E-state index in [-0.39, 0.29) is 31.4 Å². The number of allylic oxidation sites excluding steroid dienone is 3. The van der Waals surface area contributed by atoms with Gasteiger partial charge in [0.05, 0.1) is 19.4 Å². The first kappa shape index (κ1) is 22.7. The van der Waals surface area contributed by atoms with E-state index in [1.165, 1.54) is 20.4 Å². The third-order valence-electron chi connectivity index (χ3n) is 3.87. The summed E-state index contributed by atoms with van der Waals surface area (Å²) in [5.74, 6) is -0.348. The number of nitrogens with zero attached hydrogens (tertiary/aromatic N) is 2. The lowest BCUT2D eigenvalue weighted by Crippen LogP contribution is -2.29. The molecule has 9 heteroatoms. The number of nitrogens with one attached hydrogen (secondary N) is 1. The first-order chi connectivity index (χ1) is 14.1. The van der Waals surface area contributed by atoms with Crippen molar-refractivity contribution in [1.82, 2.24) is 5.32 Å². The zero-order valence-electron chi connectivity index (χ0n) is 16.2. The number of ether oxygens (including phenoxy) is 1. The van der Waals surface area contributed by atoms with Crippen LogP contribution in [0, 0.1) is 0 Å². The van der Waals surface area contributed by atoms with Gasteiger partial charge in [0, 0.05) is 34.5 Å². The molecule has 29 heavy (non-hydrogen) atoms. The second-order valence-electron chi connectivity index (χ2n) is 5.82. The lowest BCUT2D eigenvalue weighted by molar-refractivity contribution is -0.114. The lowest BCUT2D eigenvalue weighted by Gasteiger charge is -2.11. The summed E-state index contributed by atoms with van der Waals surface area (Å²) in [5, 5.41) is 10.9. The molecule has 0 heterocycles. The fourth-order valence-corrected chi connectivity index (χ4v) is 2.87. The molecule has 0 spiro atoms. The van der Waals surface area contributed by atoms with Crippen molar-refractivity contribution in [2.45, 2.75) is 13.0 Å². The van der Waals surface area contributed by atoms with Crippen molar-refractivity contribution in [3.05, 3.63) is 58.1 Å². The van der Waals surface area contributed by atoms with Crippen molar-refractivity contribution < 1.29 is 19.2 Å². The Balaban J connectivity index is 1.86. The molecular formula is C20H22ClN3O4S. The van der Waals surface area contributed by atoms with E-state index in [1.807, 2.05) is 24.3 Å². The molecule has 0 bridgehead atoms. The van der Waals surface area contributed by atoms with Crippen LogP contribution in [0.5, 0.6) is 0 Å². The summed E-state index contributed by atoms with van der Waals surface area (Å²) in [7, 11) is 2.92. The maximum Gasteiger partial charge on any atom is 0.273 e. The van der Waals surface area contributed by atoms with Crippen LogP contribution in [-0.4, -0.2) is 50.1 Å². The van der Waals surface area contributed by atoms with Gasteiger partial charge in [-0.3, -0.25) is 4.79 Å². The Morgan fingerprint density at radius 2 is 2.14 bits per heavy atom. The van der Waals surface area contributed by atoms with Gasteiger partial charge in [0.25, 0.3) is 5.91 Å². The van der Waals surface area contributed by atoms with Crippen molar-refractivity contribution in [2.24, 2.45) is 10.3 Å². The highest BCUT2D eigenvalue weighted by atomic mass is 35.5. The third-order valence-corrected chi connectivity index (χ3v) is 4.56. The number of carbonyl (C=O) groups excluding carboxylic acids is 1. The average Bonchev–Trinajstić information content (AvgIpc) is 2.73. The van der Waals surface area contributed by atoms with Crippen molar-refractivity contribution in [3.8, 4) is 0 Å². The third kappa shape index (κ3) is 7.08. The molecule has 0 radical (unpaired) electrons. The van der Waals surface area contributed by atoms with Crippen LogP contribution in [0.4, 0.5) is 0 Å². The molecule has 0 aromatic heterocycles. The second kappa shape index (κ2) is 12.1. The Hall–Kier alpha value is -2.55. The predicted octanol–water partition coefficient (Wildman–Crippen LogP) is 3.12. The number of thiocarbonyl (C=S) groups is 1. The first-order valence-electron chi connectivity index (χ1n) is 8.79. The number of rotatable bonds is 10. The van der Waals surface area contributed by atoms with Gasteiger partial charge in [-0.2, -0.15) is 0 Å². The molecule has 7 nitrogen and oxygen atoms in total. The van der Waals surface area contributed by atoms with E-state index in [9.17, 15) is 4.79 Å². The van der Waals surface area contributed by atoms with Gasteiger partial charge in [0.2, 0.25) is 0 Å². The number of carbonyl (C=O) groups is 1. The maximum absolute atomic E-state index is 12.1. The topological polar surface area (TPSA) is 81.5 Å². The quantitative estimate of drug-likeness (QED) is 0.264. The molecule has 154 valence electrons.